The number of piperidine rings is 1. The van der Waals surface area contributed by atoms with Crippen molar-refractivity contribution < 1.29 is 9.90 Å². The van der Waals surface area contributed by atoms with E-state index in [1.54, 1.807) is 18.2 Å². The van der Waals surface area contributed by atoms with Crippen LogP contribution in [0.15, 0.2) is 18.2 Å². The SMILES string of the molecule is CC1CCCCN1CCCNc1cc(N)ccc1C(=O)O. The van der Waals surface area contributed by atoms with Gasteiger partial charge in [-0.3, -0.25) is 0 Å². The van der Waals surface area contributed by atoms with E-state index in [0.29, 0.717) is 17.4 Å². The van der Waals surface area contributed by atoms with Crippen LogP contribution >= 0.6 is 0 Å². The van der Waals surface area contributed by atoms with Gasteiger partial charge in [-0.1, -0.05) is 6.42 Å². The standard InChI is InChI=1S/C16H25N3O2/c1-12-5-2-3-9-19(12)10-4-8-18-15-11-13(17)6-7-14(15)16(20)21/h6-7,11-12,18H,2-5,8-10,17H2,1H3,(H,20,21). The average molecular weight is 291 g/mol. The summed E-state index contributed by atoms with van der Waals surface area (Å²) in [6, 6.07) is 5.52. The predicted molar refractivity (Wildman–Crippen MR) is 85.8 cm³/mol. The molecule has 1 aliphatic heterocycles. The van der Waals surface area contributed by atoms with Gasteiger partial charge in [-0.2, -0.15) is 0 Å². The molecule has 1 fully saturated rings. The first kappa shape index (κ1) is 15.6. The lowest BCUT2D eigenvalue weighted by Gasteiger charge is -2.33. The Morgan fingerprint density at radius 3 is 3.00 bits per heavy atom. The van der Waals surface area contributed by atoms with Crippen LogP contribution in [0.3, 0.4) is 0 Å². The van der Waals surface area contributed by atoms with E-state index in [1.807, 2.05) is 0 Å². The number of aromatic carboxylic acids is 1. The van der Waals surface area contributed by atoms with Gasteiger partial charge in [-0.05, 0) is 50.9 Å². The number of likely N-dealkylation sites (tertiary alicyclic amines) is 1. The third kappa shape index (κ3) is 4.36. The van der Waals surface area contributed by atoms with Gasteiger partial charge in [0.05, 0.1) is 11.3 Å². The first-order valence-electron chi connectivity index (χ1n) is 7.68. The summed E-state index contributed by atoms with van der Waals surface area (Å²) in [4.78, 5) is 13.7. The Morgan fingerprint density at radius 2 is 2.29 bits per heavy atom. The van der Waals surface area contributed by atoms with Crippen LogP contribution in [0.5, 0.6) is 0 Å². The number of carboxylic acids is 1. The summed E-state index contributed by atoms with van der Waals surface area (Å²) in [5, 5.41) is 12.4. The maximum atomic E-state index is 11.2. The van der Waals surface area contributed by atoms with Crippen molar-refractivity contribution in [3.8, 4) is 0 Å². The molecule has 4 N–H and O–H groups in total. The van der Waals surface area contributed by atoms with Gasteiger partial charge in [0.1, 0.15) is 0 Å². The van der Waals surface area contributed by atoms with Crippen LogP contribution in [0, 0.1) is 0 Å². The molecule has 5 nitrogen and oxygen atoms in total. The highest BCUT2D eigenvalue weighted by Gasteiger charge is 2.17. The van der Waals surface area contributed by atoms with Crippen LogP contribution in [-0.2, 0) is 0 Å². The van der Waals surface area contributed by atoms with Crippen molar-refractivity contribution in [2.75, 3.05) is 30.7 Å². The minimum Gasteiger partial charge on any atom is -0.478 e. The highest BCUT2D eigenvalue weighted by atomic mass is 16.4. The zero-order valence-corrected chi connectivity index (χ0v) is 12.6. The number of nitrogens with zero attached hydrogens (tertiary/aromatic N) is 1. The molecule has 1 heterocycles. The van der Waals surface area contributed by atoms with Crippen LogP contribution in [0.25, 0.3) is 0 Å². The lowest BCUT2D eigenvalue weighted by atomic mass is 10.0. The Hall–Kier alpha value is -1.75. The summed E-state index contributed by atoms with van der Waals surface area (Å²) in [7, 11) is 0. The van der Waals surface area contributed by atoms with E-state index in [4.69, 9.17) is 10.8 Å². The molecule has 0 bridgehead atoms. The van der Waals surface area contributed by atoms with Gasteiger partial charge in [0.2, 0.25) is 0 Å². The van der Waals surface area contributed by atoms with E-state index in [-0.39, 0.29) is 5.56 Å². The fourth-order valence-corrected chi connectivity index (χ4v) is 2.89. The summed E-state index contributed by atoms with van der Waals surface area (Å²) in [6.45, 7) is 5.28. The van der Waals surface area contributed by atoms with E-state index in [0.717, 1.165) is 19.5 Å². The summed E-state index contributed by atoms with van der Waals surface area (Å²) in [6.07, 6.45) is 4.90. The second-order valence-electron chi connectivity index (χ2n) is 5.77. The maximum absolute atomic E-state index is 11.2. The van der Waals surface area contributed by atoms with Crippen molar-refractivity contribution in [1.82, 2.24) is 4.90 Å². The van der Waals surface area contributed by atoms with E-state index in [9.17, 15) is 4.79 Å². The molecule has 1 aromatic rings. The maximum Gasteiger partial charge on any atom is 0.337 e. The largest absolute Gasteiger partial charge is 0.478 e. The zero-order chi connectivity index (χ0) is 15.2. The molecule has 0 amide bonds. The van der Waals surface area contributed by atoms with Gasteiger partial charge in [-0.25, -0.2) is 4.79 Å². The number of carboxylic acid groups (broad SMARTS) is 1. The molecule has 0 aliphatic carbocycles. The first-order valence-corrected chi connectivity index (χ1v) is 7.68. The highest BCUT2D eigenvalue weighted by molar-refractivity contribution is 5.95. The summed E-state index contributed by atoms with van der Waals surface area (Å²) in [5.41, 5.74) is 7.18. The Kier molecular flexibility index (Phi) is 5.44. The smallest absolute Gasteiger partial charge is 0.337 e. The molecule has 1 aromatic carbocycles. The second-order valence-corrected chi connectivity index (χ2v) is 5.77. The van der Waals surface area contributed by atoms with Gasteiger partial charge in [0, 0.05) is 24.8 Å². The quantitative estimate of drug-likeness (QED) is 0.555. The number of anilines is 2. The van der Waals surface area contributed by atoms with Crippen molar-refractivity contribution in [3.63, 3.8) is 0 Å². The molecule has 0 saturated carbocycles. The monoisotopic (exact) mass is 291 g/mol. The van der Waals surface area contributed by atoms with Crippen molar-refractivity contribution in [1.29, 1.82) is 0 Å². The number of nitrogens with one attached hydrogen (secondary N) is 1. The van der Waals surface area contributed by atoms with Crippen LogP contribution in [-0.4, -0.2) is 41.7 Å². The number of carbonyl (C=O) groups is 1. The van der Waals surface area contributed by atoms with Crippen LogP contribution < -0.4 is 11.1 Å². The van der Waals surface area contributed by atoms with Crippen molar-refractivity contribution in [3.05, 3.63) is 23.8 Å². The van der Waals surface area contributed by atoms with Gasteiger partial charge in [-0.15, -0.1) is 0 Å². The van der Waals surface area contributed by atoms with Gasteiger partial charge >= 0.3 is 5.97 Å². The average Bonchev–Trinajstić information content (AvgIpc) is 2.45. The number of hydrogen-bond acceptors (Lipinski definition) is 4. The highest BCUT2D eigenvalue weighted by Crippen LogP contribution is 2.20. The van der Waals surface area contributed by atoms with Crippen molar-refractivity contribution in [2.24, 2.45) is 0 Å². The molecule has 1 unspecified atom stereocenters. The Labute approximate surface area is 126 Å². The minimum absolute atomic E-state index is 0.274. The molecular weight excluding hydrogens is 266 g/mol. The Bertz CT molecular complexity index is 490. The summed E-state index contributed by atoms with van der Waals surface area (Å²) < 4.78 is 0. The van der Waals surface area contributed by atoms with E-state index in [2.05, 4.69) is 17.1 Å². The van der Waals surface area contributed by atoms with E-state index in [1.165, 1.54) is 25.8 Å². The summed E-state index contributed by atoms with van der Waals surface area (Å²) >= 11 is 0. The first-order chi connectivity index (χ1) is 10.1. The van der Waals surface area contributed by atoms with Gasteiger partial charge in [0.15, 0.2) is 0 Å². The zero-order valence-electron chi connectivity index (χ0n) is 12.6. The number of benzene rings is 1. The minimum atomic E-state index is -0.929. The van der Waals surface area contributed by atoms with Crippen LogP contribution in [0.2, 0.25) is 0 Å². The van der Waals surface area contributed by atoms with Crippen molar-refractivity contribution >= 4 is 17.3 Å². The van der Waals surface area contributed by atoms with Crippen molar-refractivity contribution in [2.45, 2.75) is 38.6 Å². The number of nitrogen functional groups attached to an aromatic ring is 1. The molecule has 5 heteroatoms. The molecule has 1 atom stereocenters. The molecule has 0 spiro atoms. The number of nitrogens with two attached hydrogens (primary N) is 1. The van der Waals surface area contributed by atoms with Gasteiger partial charge in [0.25, 0.3) is 0 Å². The van der Waals surface area contributed by atoms with Gasteiger partial charge < -0.3 is 21.1 Å². The van der Waals surface area contributed by atoms with E-state index < -0.39 is 5.97 Å². The molecular formula is C16H25N3O2. The van der Waals surface area contributed by atoms with Crippen LogP contribution in [0.1, 0.15) is 43.0 Å². The molecule has 1 saturated heterocycles. The molecule has 21 heavy (non-hydrogen) atoms. The number of hydrogen-bond donors (Lipinski definition) is 3. The van der Waals surface area contributed by atoms with E-state index >= 15 is 0 Å². The van der Waals surface area contributed by atoms with Crippen LogP contribution in [0.4, 0.5) is 11.4 Å². The number of rotatable bonds is 6. The molecule has 0 radical (unpaired) electrons. The molecule has 1 aliphatic rings. The fraction of sp³-hybridized carbons (Fsp3) is 0.562. The normalized spacial score (nSPS) is 19.4. The summed E-state index contributed by atoms with van der Waals surface area (Å²) in [5.74, 6) is -0.929. The third-order valence-corrected chi connectivity index (χ3v) is 4.15. The Morgan fingerprint density at radius 1 is 1.48 bits per heavy atom. The predicted octanol–water partition coefficient (Wildman–Crippen LogP) is 2.64. The molecule has 116 valence electrons. The second kappa shape index (κ2) is 7.31. The third-order valence-electron chi connectivity index (χ3n) is 4.15. The molecule has 2 rings (SSSR count). The lowest BCUT2D eigenvalue weighted by Crippen LogP contribution is -2.38. The fourth-order valence-electron chi connectivity index (χ4n) is 2.89. The lowest BCUT2D eigenvalue weighted by molar-refractivity contribution is 0.0698. The Balaban J connectivity index is 1.83. The molecule has 0 aromatic heterocycles. The topological polar surface area (TPSA) is 78.6 Å².